The lowest BCUT2D eigenvalue weighted by Gasteiger charge is -2.13. The number of benzene rings is 1. The van der Waals surface area contributed by atoms with Gasteiger partial charge in [0.1, 0.15) is 11.0 Å². The third kappa shape index (κ3) is 2.52. The second kappa shape index (κ2) is 5.09. The van der Waals surface area contributed by atoms with Gasteiger partial charge < -0.3 is 0 Å². The van der Waals surface area contributed by atoms with E-state index >= 15 is 0 Å². The smallest absolute Gasteiger partial charge is 0.150 e. The standard InChI is InChI=1S/C13H13N3S/c1-16(2)12(8-14)13-15-11(9-17-13)10-6-4-3-5-7-10/h3-7,9,12H,1-2H3. The van der Waals surface area contributed by atoms with Crippen molar-refractivity contribution >= 4 is 11.3 Å². The Hall–Kier alpha value is -1.70. The van der Waals surface area contributed by atoms with Crippen LogP contribution in [0.5, 0.6) is 0 Å². The van der Waals surface area contributed by atoms with Gasteiger partial charge in [0.25, 0.3) is 0 Å². The molecule has 0 bridgehead atoms. The number of hydrogen-bond donors (Lipinski definition) is 0. The van der Waals surface area contributed by atoms with Crippen LogP contribution in [0.2, 0.25) is 0 Å². The minimum absolute atomic E-state index is 0.266. The van der Waals surface area contributed by atoms with Crippen LogP contribution in [0, 0.1) is 11.3 Å². The minimum atomic E-state index is -0.266. The van der Waals surface area contributed by atoms with E-state index in [9.17, 15) is 0 Å². The van der Waals surface area contributed by atoms with E-state index in [1.807, 2.05) is 54.7 Å². The lowest BCUT2D eigenvalue weighted by Crippen LogP contribution is -2.17. The van der Waals surface area contributed by atoms with Gasteiger partial charge in [-0.15, -0.1) is 11.3 Å². The molecule has 0 fully saturated rings. The first-order chi connectivity index (χ1) is 8.22. The van der Waals surface area contributed by atoms with Gasteiger partial charge in [0.2, 0.25) is 0 Å². The summed E-state index contributed by atoms with van der Waals surface area (Å²) in [5, 5.41) is 11.9. The Kier molecular flexibility index (Phi) is 3.52. The fraction of sp³-hybridized carbons (Fsp3) is 0.231. The predicted octanol–water partition coefficient (Wildman–Crippen LogP) is 2.94. The molecule has 86 valence electrons. The maximum atomic E-state index is 9.10. The van der Waals surface area contributed by atoms with Gasteiger partial charge >= 0.3 is 0 Å². The summed E-state index contributed by atoms with van der Waals surface area (Å²) in [4.78, 5) is 6.40. The summed E-state index contributed by atoms with van der Waals surface area (Å²) in [7, 11) is 3.77. The molecule has 1 aromatic carbocycles. The minimum Gasteiger partial charge on any atom is -0.289 e. The Morgan fingerprint density at radius 2 is 2.00 bits per heavy atom. The van der Waals surface area contributed by atoms with Crippen LogP contribution in [0.1, 0.15) is 11.0 Å². The van der Waals surface area contributed by atoms with Gasteiger partial charge in [0.05, 0.1) is 11.8 Å². The average molecular weight is 243 g/mol. The summed E-state index contributed by atoms with van der Waals surface area (Å²) in [5.74, 6) is 0. The SMILES string of the molecule is CN(C)C(C#N)c1nc(-c2ccccc2)cs1. The largest absolute Gasteiger partial charge is 0.289 e. The van der Waals surface area contributed by atoms with Crippen molar-refractivity contribution in [1.29, 1.82) is 5.26 Å². The molecule has 2 rings (SSSR count). The molecule has 0 saturated heterocycles. The number of aromatic nitrogens is 1. The van der Waals surface area contributed by atoms with Crippen molar-refractivity contribution in [3.05, 3.63) is 40.7 Å². The van der Waals surface area contributed by atoms with Crippen LogP contribution in [0.3, 0.4) is 0 Å². The number of hydrogen-bond acceptors (Lipinski definition) is 4. The van der Waals surface area contributed by atoms with E-state index in [0.29, 0.717) is 0 Å². The molecule has 2 aromatic rings. The fourth-order valence-corrected chi connectivity index (χ4v) is 2.51. The number of rotatable bonds is 3. The van der Waals surface area contributed by atoms with Crippen LogP contribution in [-0.2, 0) is 0 Å². The lowest BCUT2D eigenvalue weighted by atomic mass is 10.2. The molecule has 3 nitrogen and oxygen atoms in total. The zero-order chi connectivity index (χ0) is 12.3. The van der Waals surface area contributed by atoms with Gasteiger partial charge in [-0.05, 0) is 14.1 Å². The molecule has 1 aromatic heterocycles. The zero-order valence-electron chi connectivity index (χ0n) is 9.79. The molecule has 0 aliphatic rings. The molecule has 17 heavy (non-hydrogen) atoms. The molecule has 1 heterocycles. The van der Waals surface area contributed by atoms with Crippen LogP contribution >= 0.6 is 11.3 Å². The van der Waals surface area contributed by atoms with Gasteiger partial charge in [-0.25, -0.2) is 4.98 Å². The molecule has 0 amide bonds. The van der Waals surface area contributed by atoms with Gasteiger partial charge in [0, 0.05) is 10.9 Å². The maximum absolute atomic E-state index is 9.10. The molecule has 1 atom stereocenters. The van der Waals surface area contributed by atoms with Gasteiger partial charge in [-0.3, -0.25) is 4.90 Å². The van der Waals surface area contributed by atoms with Gasteiger partial charge in [-0.1, -0.05) is 30.3 Å². The Morgan fingerprint density at radius 3 is 2.59 bits per heavy atom. The molecule has 0 aliphatic heterocycles. The Labute approximate surface area is 105 Å². The molecule has 0 spiro atoms. The van der Waals surface area contributed by atoms with E-state index in [2.05, 4.69) is 11.1 Å². The topological polar surface area (TPSA) is 39.9 Å². The van der Waals surface area contributed by atoms with Crippen molar-refractivity contribution in [3.63, 3.8) is 0 Å². The molecular weight excluding hydrogens is 230 g/mol. The van der Waals surface area contributed by atoms with Crippen LogP contribution in [0.4, 0.5) is 0 Å². The quantitative estimate of drug-likeness (QED) is 0.832. The molecule has 0 saturated carbocycles. The first-order valence-corrected chi connectivity index (χ1v) is 6.17. The summed E-state index contributed by atoms with van der Waals surface area (Å²) in [6.07, 6.45) is 0. The van der Waals surface area contributed by atoms with Crippen molar-refractivity contribution in [2.24, 2.45) is 0 Å². The summed E-state index contributed by atoms with van der Waals surface area (Å²) in [6, 6.07) is 12.0. The van der Waals surface area contributed by atoms with Crippen LogP contribution < -0.4 is 0 Å². The molecule has 0 N–H and O–H groups in total. The number of nitriles is 1. The monoisotopic (exact) mass is 243 g/mol. The third-order valence-corrected chi connectivity index (χ3v) is 3.36. The Balaban J connectivity index is 2.31. The van der Waals surface area contributed by atoms with Crippen molar-refractivity contribution < 1.29 is 0 Å². The highest BCUT2D eigenvalue weighted by Gasteiger charge is 2.17. The van der Waals surface area contributed by atoms with Crippen LogP contribution in [0.15, 0.2) is 35.7 Å². The summed E-state index contributed by atoms with van der Waals surface area (Å²) < 4.78 is 0. The maximum Gasteiger partial charge on any atom is 0.150 e. The molecular formula is C13H13N3S. The molecule has 4 heteroatoms. The molecule has 0 aliphatic carbocycles. The normalized spacial score (nSPS) is 12.4. The summed E-state index contributed by atoms with van der Waals surface area (Å²) in [6.45, 7) is 0. The zero-order valence-corrected chi connectivity index (χ0v) is 10.6. The van der Waals surface area contributed by atoms with Crippen LogP contribution in [0.25, 0.3) is 11.3 Å². The summed E-state index contributed by atoms with van der Waals surface area (Å²) >= 11 is 1.53. The first-order valence-electron chi connectivity index (χ1n) is 5.29. The lowest BCUT2D eigenvalue weighted by molar-refractivity contribution is 0.357. The highest BCUT2D eigenvalue weighted by molar-refractivity contribution is 7.10. The third-order valence-electron chi connectivity index (χ3n) is 2.46. The van der Waals surface area contributed by atoms with Crippen molar-refractivity contribution in [2.75, 3.05) is 14.1 Å². The van der Waals surface area contributed by atoms with Crippen molar-refractivity contribution in [1.82, 2.24) is 9.88 Å². The first kappa shape index (κ1) is 11.8. The van der Waals surface area contributed by atoms with Gasteiger partial charge in [0.15, 0.2) is 0 Å². The van der Waals surface area contributed by atoms with Crippen LogP contribution in [-0.4, -0.2) is 24.0 Å². The predicted molar refractivity (Wildman–Crippen MR) is 69.6 cm³/mol. The molecule has 1 unspecified atom stereocenters. The second-order valence-electron chi connectivity index (χ2n) is 3.93. The fourth-order valence-electron chi connectivity index (χ4n) is 1.55. The Morgan fingerprint density at radius 1 is 1.29 bits per heavy atom. The summed E-state index contributed by atoms with van der Waals surface area (Å²) in [5.41, 5.74) is 2.03. The van der Waals surface area contributed by atoms with E-state index in [4.69, 9.17) is 5.26 Å². The van der Waals surface area contributed by atoms with E-state index in [-0.39, 0.29) is 6.04 Å². The molecule has 0 radical (unpaired) electrons. The average Bonchev–Trinajstić information content (AvgIpc) is 2.80. The Bertz CT molecular complexity index is 525. The van der Waals surface area contributed by atoms with E-state index in [0.717, 1.165) is 16.3 Å². The number of nitrogens with zero attached hydrogens (tertiary/aromatic N) is 3. The highest BCUT2D eigenvalue weighted by atomic mass is 32.1. The second-order valence-corrected chi connectivity index (χ2v) is 4.82. The van der Waals surface area contributed by atoms with E-state index in [1.54, 1.807) is 0 Å². The highest BCUT2D eigenvalue weighted by Crippen LogP contribution is 2.26. The van der Waals surface area contributed by atoms with E-state index in [1.165, 1.54) is 11.3 Å². The number of thiazole rings is 1. The van der Waals surface area contributed by atoms with Crippen molar-refractivity contribution in [3.8, 4) is 17.3 Å². The van der Waals surface area contributed by atoms with E-state index < -0.39 is 0 Å². The van der Waals surface area contributed by atoms with Crippen molar-refractivity contribution in [2.45, 2.75) is 6.04 Å². The van der Waals surface area contributed by atoms with Gasteiger partial charge in [-0.2, -0.15) is 5.26 Å².